The molecule has 0 aliphatic heterocycles. The first-order valence-corrected chi connectivity index (χ1v) is 7.35. The van der Waals surface area contributed by atoms with Crippen molar-refractivity contribution >= 4 is 15.7 Å². The van der Waals surface area contributed by atoms with E-state index in [4.69, 9.17) is 0 Å². The Morgan fingerprint density at radius 3 is 2.70 bits per heavy atom. The number of nitrogens with one attached hydrogen (secondary N) is 2. The number of benzene rings is 1. The van der Waals surface area contributed by atoms with E-state index in [1.807, 2.05) is 0 Å². The molecular formula is C12H15FN4O2S. The number of sulfonamides is 1. The molecule has 0 unspecified atom stereocenters. The van der Waals surface area contributed by atoms with Crippen molar-refractivity contribution in [2.75, 3.05) is 11.8 Å². The lowest BCUT2D eigenvalue weighted by molar-refractivity contribution is 0.568. The van der Waals surface area contributed by atoms with Crippen LogP contribution in [0.4, 0.5) is 10.1 Å². The first kappa shape index (κ1) is 14.5. The van der Waals surface area contributed by atoms with Crippen LogP contribution in [-0.2, 0) is 23.6 Å². The van der Waals surface area contributed by atoms with Crippen LogP contribution in [0, 0.1) is 5.82 Å². The SMILES string of the molecule is CNCc1ccc(S(=O)(=O)Nc2cnn(C)c2)c(F)c1. The normalized spacial score (nSPS) is 11.6. The average Bonchev–Trinajstić information content (AvgIpc) is 2.74. The molecule has 8 heteroatoms. The molecule has 20 heavy (non-hydrogen) atoms. The Bertz CT molecular complexity index is 712. The molecule has 0 spiro atoms. The largest absolute Gasteiger partial charge is 0.316 e. The Labute approximate surface area is 116 Å². The lowest BCUT2D eigenvalue weighted by Crippen LogP contribution is -2.15. The summed E-state index contributed by atoms with van der Waals surface area (Å²) in [6.45, 7) is 0.466. The van der Waals surface area contributed by atoms with Gasteiger partial charge in [0.1, 0.15) is 10.7 Å². The molecule has 0 aliphatic rings. The van der Waals surface area contributed by atoms with E-state index in [0.717, 1.165) is 0 Å². The van der Waals surface area contributed by atoms with Gasteiger partial charge >= 0.3 is 0 Å². The van der Waals surface area contributed by atoms with Gasteiger partial charge in [0.25, 0.3) is 10.0 Å². The molecule has 2 N–H and O–H groups in total. The van der Waals surface area contributed by atoms with Gasteiger partial charge in [0.05, 0.1) is 11.9 Å². The van der Waals surface area contributed by atoms with Crippen molar-refractivity contribution in [2.45, 2.75) is 11.4 Å². The highest BCUT2D eigenvalue weighted by Gasteiger charge is 2.19. The second-order valence-electron chi connectivity index (χ2n) is 4.30. The third-order valence-electron chi connectivity index (χ3n) is 2.62. The van der Waals surface area contributed by atoms with E-state index < -0.39 is 15.8 Å². The fraction of sp³-hybridized carbons (Fsp3) is 0.250. The van der Waals surface area contributed by atoms with E-state index in [2.05, 4.69) is 15.1 Å². The predicted octanol–water partition coefficient (Wildman–Crippen LogP) is 1.08. The van der Waals surface area contributed by atoms with Crippen LogP contribution in [-0.4, -0.2) is 25.2 Å². The maximum absolute atomic E-state index is 13.9. The monoisotopic (exact) mass is 298 g/mol. The standard InChI is InChI=1S/C12H15FN4O2S/c1-14-6-9-3-4-12(11(13)5-9)20(18,19)16-10-7-15-17(2)8-10/h3-5,7-8,14,16H,6H2,1-2H3. The predicted molar refractivity (Wildman–Crippen MR) is 73.2 cm³/mol. The highest BCUT2D eigenvalue weighted by Crippen LogP contribution is 2.19. The minimum absolute atomic E-state index is 0.284. The maximum Gasteiger partial charge on any atom is 0.264 e. The zero-order valence-corrected chi connectivity index (χ0v) is 11.9. The summed E-state index contributed by atoms with van der Waals surface area (Å²) in [5, 5.41) is 6.71. The van der Waals surface area contributed by atoms with Gasteiger partial charge in [-0.3, -0.25) is 9.40 Å². The summed E-state index contributed by atoms with van der Waals surface area (Å²) in [6, 6.07) is 4.02. The summed E-state index contributed by atoms with van der Waals surface area (Å²) in [5.41, 5.74) is 0.955. The van der Waals surface area contributed by atoms with Crippen LogP contribution < -0.4 is 10.0 Å². The molecule has 0 saturated carbocycles. The summed E-state index contributed by atoms with van der Waals surface area (Å²) in [6.07, 6.45) is 2.84. The smallest absolute Gasteiger partial charge is 0.264 e. The number of hydrogen-bond donors (Lipinski definition) is 2. The number of anilines is 1. The van der Waals surface area contributed by atoms with E-state index in [1.165, 1.54) is 29.2 Å². The minimum atomic E-state index is -3.96. The molecule has 2 rings (SSSR count). The molecule has 0 saturated heterocycles. The summed E-state index contributed by atoms with van der Waals surface area (Å²) in [7, 11) is -0.575. The van der Waals surface area contributed by atoms with Gasteiger partial charge in [0.2, 0.25) is 0 Å². The van der Waals surface area contributed by atoms with E-state index in [9.17, 15) is 12.8 Å². The highest BCUT2D eigenvalue weighted by atomic mass is 32.2. The number of halogens is 1. The van der Waals surface area contributed by atoms with Crippen LogP contribution >= 0.6 is 0 Å². The van der Waals surface area contributed by atoms with Crippen molar-refractivity contribution in [1.29, 1.82) is 0 Å². The molecule has 1 heterocycles. The van der Waals surface area contributed by atoms with Gasteiger partial charge in [-0.1, -0.05) is 6.07 Å². The molecule has 108 valence electrons. The fourth-order valence-electron chi connectivity index (χ4n) is 1.76. The van der Waals surface area contributed by atoms with Crippen LogP contribution in [0.5, 0.6) is 0 Å². The number of aromatic nitrogens is 2. The Balaban J connectivity index is 2.29. The van der Waals surface area contributed by atoms with E-state index >= 15 is 0 Å². The van der Waals surface area contributed by atoms with Crippen molar-refractivity contribution < 1.29 is 12.8 Å². The summed E-state index contributed by atoms with van der Waals surface area (Å²) in [5.74, 6) is -0.783. The first-order valence-electron chi connectivity index (χ1n) is 5.87. The van der Waals surface area contributed by atoms with Crippen LogP contribution in [0.3, 0.4) is 0 Å². The van der Waals surface area contributed by atoms with Crippen LogP contribution in [0.15, 0.2) is 35.5 Å². The van der Waals surface area contributed by atoms with E-state index in [0.29, 0.717) is 12.1 Å². The molecule has 1 aromatic heterocycles. The third kappa shape index (κ3) is 3.14. The maximum atomic E-state index is 13.9. The number of hydrogen-bond acceptors (Lipinski definition) is 4. The van der Waals surface area contributed by atoms with Gasteiger partial charge in [0.15, 0.2) is 0 Å². The summed E-state index contributed by atoms with van der Waals surface area (Å²) < 4.78 is 41.8. The van der Waals surface area contributed by atoms with Crippen LogP contribution in [0.2, 0.25) is 0 Å². The average molecular weight is 298 g/mol. The van der Waals surface area contributed by atoms with Crippen LogP contribution in [0.1, 0.15) is 5.56 Å². The van der Waals surface area contributed by atoms with Crippen molar-refractivity contribution in [3.8, 4) is 0 Å². The molecule has 0 aliphatic carbocycles. The van der Waals surface area contributed by atoms with Gasteiger partial charge in [-0.05, 0) is 24.7 Å². The summed E-state index contributed by atoms with van der Waals surface area (Å²) in [4.78, 5) is -0.388. The zero-order chi connectivity index (χ0) is 14.8. The Morgan fingerprint density at radius 1 is 1.40 bits per heavy atom. The van der Waals surface area contributed by atoms with Gasteiger partial charge in [-0.25, -0.2) is 12.8 Å². The van der Waals surface area contributed by atoms with Crippen molar-refractivity contribution in [2.24, 2.45) is 7.05 Å². The zero-order valence-electron chi connectivity index (χ0n) is 11.1. The fourth-order valence-corrected chi connectivity index (χ4v) is 2.85. The van der Waals surface area contributed by atoms with Gasteiger partial charge in [-0.15, -0.1) is 0 Å². The molecule has 1 aromatic carbocycles. The second-order valence-corrected chi connectivity index (χ2v) is 5.95. The molecule has 0 radical (unpaired) electrons. The van der Waals surface area contributed by atoms with Crippen LogP contribution in [0.25, 0.3) is 0 Å². The lowest BCUT2D eigenvalue weighted by Gasteiger charge is -2.08. The number of rotatable bonds is 5. The van der Waals surface area contributed by atoms with Gasteiger partial charge in [-0.2, -0.15) is 5.10 Å². The van der Waals surface area contributed by atoms with Gasteiger partial charge < -0.3 is 5.32 Å². The molecule has 6 nitrogen and oxygen atoms in total. The quantitative estimate of drug-likeness (QED) is 0.866. The van der Waals surface area contributed by atoms with Crippen molar-refractivity contribution in [1.82, 2.24) is 15.1 Å². The van der Waals surface area contributed by atoms with E-state index in [1.54, 1.807) is 20.2 Å². The lowest BCUT2D eigenvalue weighted by atomic mass is 10.2. The molecule has 2 aromatic rings. The Morgan fingerprint density at radius 2 is 2.15 bits per heavy atom. The third-order valence-corrected chi connectivity index (χ3v) is 4.04. The Kier molecular flexibility index (Phi) is 4.05. The summed E-state index contributed by atoms with van der Waals surface area (Å²) >= 11 is 0. The minimum Gasteiger partial charge on any atom is -0.316 e. The molecule has 0 bridgehead atoms. The first-order chi connectivity index (χ1) is 9.42. The number of aryl methyl sites for hydroxylation is 1. The molecular weight excluding hydrogens is 283 g/mol. The highest BCUT2D eigenvalue weighted by molar-refractivity contribution is 7.92. The van der Waals surface area contributed by atoms with Crippen molar-refractivity contribution in [3.05, 3.63) is 42.0 Å². The van der Waals surface area contributed by atoms with Gasteiger partial charge in [0, 0.05) is 19.8 Å². The second kappa shape index (κ2) is 5.59. The molecule has 0 fully saturated rings. The Hall–Kier alpha value is -1.93. The number of nitrogens with zero attached hydrogens (tertiary/aromatic N) is 2. The van der Waals surface area contributed by atoms with Crippen molar-refractivity contribution in [3.63, 3.8) is 0 Å². The van der Waals surface area contributed by atoms with E-state index in [-0.39, 0.29) is 10.6 Å². The topological polar surface area (TPSA) is 76.0 Å². The molecule has 0 amide bonds. The molecule has 0 atom stereocenters.